The summed E-state index contributed by atoms with van der Waals surface area (Å²) >= 11 is 0. The second-order valence-corrected chi connectivity index (χ2v) is 10.5. The van der Waals surface area contributed by atoms with Gasteiger partial charge in [-0.05, 0) is 62.8 Å². The van der Waals surface area contributed by atoms with Gasteiger partial charge in [-0.15, -0.1) is 0 Å². The van der Waals surface area contributed by atoms with Crippen molar-refractivity contribution < 1.29 is 24.2 Å². The lowest BCUT2D eigenvalue weighted by atomic mass is 9.85. The highest BCUT2D eigenvalue weighted by molar-refractivity contribution is 5.91. The Morgan fingerprint density at radius 3 is 2.31 bits per heavy atom. The second-order valence-electron chi connectivity index (χ2n) is 10.5. The number of amides is 3. The zero-order valence-corrected chi connectivity index (χ0v) is 20.5. The molecular weight excluding hydrogens is 410 g/mol. The van der Waals surface area contributed by atoms with Crippen LogP contribution in [0.15, 0.2) is 18.2 Å². The van der Waals surface area contributed by atoms with Crippen molar-refractivity contribution in [3.63, 3.8) is 0 Å². The number of carbonyl (C=O) groups is 3. The predicted octanol–water partition coefficient (Wildman–Crippen LogP) is 3.06. The molecule has 0 saturated heterocycles. The number of aromatic hydroxyl groups is 1. The van der Waals surface area contributed by atoms with E-state index in [0.717, 1.165) is 11.1 Å². The molecule has 0 spiro atoms. The molecule has 32 heavy (non-hydrogen) atoms. The summed E-state index contributed by atoms with van der Waals surface area (Å²) in [5.74, 6) is -0.452. The maximum Gasteiger partial charge on any atom is 0.410 e. The number of ether oxygens (including phenoxy) is 1. The van der Waals surface area contributed by atoms with Gasteiger partial charge in [0.2, 0.25) is 11.8 Å². The molecule has 0 unspecified atom stereocenters. The third-order valence-electron chi connectivity index (χ3n) is 5.56. The molecule has 0 bridgehead atoms. The number of rotatable bonds is 4. The molecule has 0 saturated carbocycles. The zero-order valence-electron chi connectivity index (χ0n) is 20.5. The van der Waals surface area contributed by atoms with E-state index in [1.165, 1.54) is 11.9 Å². The van der Waals surface area contributed by atoms with E-state index in [9.17, 15) is 19.5 Å². The highest BCUT2D eigenvalue weighted by Gasteiger charge is 2.38. The van der Waals surface area contributed by atoms with E-state index in [1.54, 1.807) is 44.7 Å². The Balaban J connectivity index is 2.14. The summed E-state index contributed by atoms with van der Waals surface area (Å²) in [6, 6.07) is 3.61. The van der Waals surface area contributed by atoms with Crippen molar-refractivity contribution in [3.05, 3.63) is 29.3 Å². The number of phenols is 1. The van der Waals surface area contributed by atoms with Gasteiger partial charge in [0.05, 0.1) is 0 Å². The minimum absolute atomic E-state index is 0.165. The molecular formula is C24H37N3O5. The molecule has 3 amide bonds. The Hall–Kier alpha value is -2.77. The lowest BCUT2D eigenvalue weighted by molar-refractivity contribution is -0.141. The lowest BCUT2D eigenvalue weighted by Gasteiger charge is -2.38. The Bertz CT molecular complexity index is 869. The molecule has 178 valence electrons. The minimum atomic E-state index is -0.818. The fourth-order valence-electron chi connectivity index (χ4n) is 3.49. The van der Waals surface area contributed by atoms with Crippen LogP contribution in [0.25, 0.3) is 0 Å². The van der Waals surface area contributed by atoms with Crippen molar-refractivity contribution in [3.8, 4) is 5.75 Å². The standard InChI is InChI=1S/C24H37N3O5/c1-15(26(8)22(31)32-24(5,6)7)20(29)25-19(23(2,3)4)21(30)27-12-11-16-9-10-18(28)13-17(16)14-27/h9-10,13,15,19,28H,11-12,14H2,1-8H3,(H,25,29)/t15-,19+/m0/s1. The highest BCUT2D eigenvalue weighted by Crippen LogP contribution is 2.27. The first-order chi connectivity index (χ1) is 14.6. The summed E-state index contributed by atoms with van der Waals surface area (Å²) in [4.78, 5) is 41.7. The third-order valence-corrected chi connectivity index (χ3v) is 5.56. The summed E-state index contributed by atoms with van der Waals surface area (Å²) in [5, 5.41) is 12.7. The van der Waals surface area contributed by atoms with Gasteiger partial charge in [-0.25, -0.2) is 4.79 Å². The smallest absolute Gasteiger partial charge is 0.410 e. The SMILES string of the molecule is C[C@@H](C(=O)N[C@H](C(=O)N1CCc2ccc(O)cc2C1)C(C)(C)C)N(C)C(=O)OC(C)(C)C. The number of nitrogens with one attached hydrogen (secondary N) is 1. The van der Waals surface area contributed by atoms with Crippen molar-refractivity contribution in [1.82, 2.24) is 15.1 Å². The molecule has 0 radical (unpaired) electrons. The number of hydrogen-bond acceptors (Lipinski definition) is 5. The first-order valence-corrected chi connectivity index (χ1v) is 11.0. The topological polar surface area (TPSA) is 99.2 Å². The van der Waals surface area contributed by atoms with E-state index in [4.69, 9.17) is 4.74 Å². The summed E-state index contributed by atoms with van der Waals surface area (Å²) in [7, 11) is 1.50. The average molecular weight is 448 g/mol. The average Bonchev–Trinajstić information content (AvgIpc) is 2.67. The van der Waals surface area contributed by atoms with Crippen LogP contribution in [0.2, 0.25) is 0 Å². The number of nitrogens with zero attached hydrogens (tertiary/aromatic N) is 2. The molecule has 2 N–H and O–H groups in total. The van der Waals surface area contributed by atoms with Gasteiger partial charge in [0.1, 0.15) is 23.4 Å². The third kappa shape index (κ3) is 6.37. The van der Waals surface area contributed by atoms with Crippen LogP contribution in [0, 0.1) is 5.41 Å². The van der Waals surface area contributed by atoms with Crippen molar-refractivity contribution in [1.29, 1.82) is 0 Å². The first kappa shape index (κ1) is 25.5. The van der Waals surface area contributed by atoms with Crippen LogP contribution in [0.3, 0.4) is 0 Å². The fourth-order valence-corrected chi connectivity index (χ4v) is 3.49. The van der Waals surface area contributed by atoms with E-state index < -0.39 is 35.1 Å². The van der Waals surface area contributed by atoms with Gasteiger partial charge in [0.15, 0.2) is 0 Å². The molecule has 1 heterocycles. The Morgan fingerprint density at radius 2 is 1.75 bits per heavy atom. The lowest BCUT2D eigenvalue weighted by Crippen LogP contribution is -2.58. The van der Waals surface area contributed by atoms with Gasteiger partial charge in [-0.1, -0.05) is 26.8 Å². The maximum atomic E-state index is 13.4. The van der Waals surface area contributed by atoms with Gasteiger partial charge in [-0.3, -0.25) is 14.5 Å². The molecule has 1 aliphatic rings. The van der Waals surface area contributed by atoms with E-state index in [2.05, 4.69) is 5.32 Å². The zero-order chi connectivity index (χ0) is 24.4. The molecule has 2 atom stereocenters. The van der Waals surface area contributed by atoms with Crippen LogP contribution in [0.4, 0.5) is 4.79 Å². The van der Waals surface area contributed by atoms with Gasteiger partial charge < -0.3 is 20.1 Å². The normalized spacial score (nSPS) is 15.9. The summed E-state index contributed by atoms with van der Waals surface area (Å²) in [5.41, 5.74) is 0.790. The number of carbonyl (C=O) groups excluding carboxylic acids is 3. The van der Waals surface area contributed by atoms with Crippen LogP contribution < -0.4 is 5.32 Å². The maximum absolute atomic E-state index is 13.4. The van der Waals surface area contributed by atoms with Crippen LogP contribution in [0.5, 0.6) is 5.75 Å². The van der Waals surface area contributed by atoms with E-state index in [1.807, 2.05) is 26.8 Å². The monoisotopic (exact) mass is 447 g/mol. The van der Waals surface area contributed by atoms with Crippen LogP contribution in [-0.2, 0) is 27.3 Å². The molecule has 8 heteroatoms. The van der Waals surface area contributed by atoms with Crippen LogP contribution in [0.1, 0.15) is 59.6 Å². The molecule has 8 nitrogen and oxygen atoms in total. The number of fused-ring (bicyclic) bond motifs is 1. The molecule has 1 aromatic rings. The highest BCUT2D eigenvalue weighted by atomic mass is 16.6. The second kappa shape index (κ2) is 9.38. The van der Waals surface area contributed by atoms with Gasteiger partial charge >= 0.3 is 6.09 Å². The van der Waals surface area contributed by atoms with Crippen molar-refractivity contribution in [2.75, 3.05) is 13.6 Å². The Labute approximate surface area is 190 Å². The number of likely N-dealkylation sites (N-methyl/N-ethyl adjacent to an activating group) is 1. The predicted molar refractivity (Wildman–Crippen MR) is 122 cm³/mol. The quantitative estimate of drug-likeness (QED) is 0.739. The van der Waals surface area contributed by atoms with Crippen molar-refractivity contribution in [2.24, 2.45) is 5.41 Å². The number of hydrogen-bond donors (Lipinski definition) is 2. The first-order valence-electron chi connectivity index (χ1n) is 11.0. The largest absolute Gasteiger partial charge is 0.508 e. The molecule has 2 rings (SSSR count). The van der Waals surface area contributed by atoms with Crippen molar-refractivity contribution >= 4 is 17.9 Å². The molecule has 1 aromatic carbocycles. The Morgan fingerprint density at radius 1 is 1.12 bits per heavy atom. The molecule has 1 aliphatic heterocycles. The van der Waals surface area contributed by atoms with E-state index in [-0.39, 0.29) is 11.7 Å². The van der Waals surface area contributed by atoms with Gasteiger partial charge in [0, 0.05) is 20.1 Å². The molecule has 0 aliphatic carbocycles. The number of phenolic OH excluding ortho intramolecular Hbond substituents is 1. The van der Waals surface area contributed by atoms with E-state index in [0.29, 0.717) is 19.5 Å². The van der Waals surface area contributed by atoms with E-state index >= 15 is 0 Å². The summed E-state index contributed by atoms with van der Waals surface area (Å²) in [6.07, 6.45) is 0.0791. The summed E-state index contributed by atoms with van der Waals surface area (Å²) in [6.45, 7) is 13.5. The van der Waals surface area contributed by atoms with Gasteiger partial charge in [0.25, 0.3) is 0 Å². The van der Waals surface area contributed by atoms with Crippen LogP contribution >= 0.6 is 0 Å². The number of benzene rings is 1. The minimum Gasteiger partial charge on any atom is -0.508 e. The molecule has 0 fully saturated rings. The van der Waals surface area contributed by atoms with Crippen molar-refractivity contribution in [2.45, 2.75) is 79.1 Å². The van der Waals surface area contributed by atoms with Gasteiger partial charge in [-0.2, -0.15) is 0 Å². The van der Waals surface area contributed by atoms with Crippen LogP contribution in [-0.4, -0.2) is 64.1 Å². The molecule has 0 aromatic heterocycles. The fraction of sp³-hybridized carbons (Fsp3) is 0.625. The summed E-state index contributed by atoms with van der Waals surface area (Å²) < 4.78 is 5.34. The Kier molecular flexibility index (Phi) is 7.47.